The molecule has 0 unspecified atom stereocenters. The highest BCUT2D eigenvalue weighted by Gasteiger charge is 2.28. The van der Waals surface area contributed by atoms with Crippen LogP contribution in [-0.2, 0) is 16.6 Å². The van der Waals surface area contributed by atoms with E-state index in [1.165, 1.54) is 10.5 Å². The number of carbonyl (C=O) groups is 1. The van der Waals surface area contributed by atoms with Crippen molar-refractivity contribution in [2.24, 2.45) is 5.10 Å². The van der Waals surface area contributed by atoms with E-state index in [9.17, 15) is 13.2 Å². The van der Waals surface area contributed by atoms with Gasteiger partial charge in [0, 0.05) is 5.02 Å². The number of benzene rings is 4. The van der Waals surface area contributed by atoms with Crippen molar-refractivity contribution in [2.75, 3.05) is 11.1 Å². The van der Waals surface area contributed by atoms with Crippen molar-refractivity contribution in [2.45, 2.75) is 18.4 Å². The Morgan fingerprint density at radius 1 is 0.974 bits per heavy atom. The number of nitrogens with one attached hydrogen (secondary N) is 1. The number of para-hydroxylation sites is 1. The Hall–Kier alpha value is -4.34. The molecular weight excluding hydrogens is 538 g/mol. The number of fused-ring (bicyclic) bond motifs is 1. The number of anilines is 1. The number of aryl methyl sites for hydroxylation is 1. The monoisotopic (exact) mass is 561 g/mol. The zero-order valence-corrected chi connectivity index (χ0v) is 22.4. The van der Waals surface area contributed by atoms with Crippen molar-refractivity contribution >= 4 is 39.4 Å². The van der Waals surface area contributed by atoms with Gasteiger partial charge in [-0.15, -0.1) is 0 Å². The normalized spacial score (nSPS) is 12.5. The molecule has 5 rings (SSSR count). The van der Waals surface area contributed by atoms with Gasteiger partial charge in [-0.25, -0.2) is 13.8 Å². The van der Waals surface area contributed by atoms with Crippen LogP contribution in [0.25, 0.3) is 0 Å². The third-order valence-electron chi connectivity index (χ3n) is 6.04. The summed E-state index contributed by atoms with van der Waals surface area (Å²) < 4.78 is 39.7. The number of halogens is 1. The molecule has 0 bridgehead atoms. The van der Waals surface area contributed by atoms with Gasteiger partial charge in [-0.3, -0.25) is 9.10 Å². The molecule has 0 radical (unpaired) electrons. The van der Waals surface area contributed by atoms with Crippen LogP contribution in [-0.4, -0.2) is 27.3 Å². The van der Waals surface area contributed by atoms with Gasteiger partial charge in [-0.1, -0.05) is 53.6 Å². The summed E-state index contributed by atoms with van der Waals surface area (Å²) in [5, 5.41) is 4.60. The third kappa shape index (κ3) is 5.89. The number of hydrazone groups is 1. The molecule has 198 valence electrons. The molecular formula is C29H24ClN3O5S. The minimum atomic E-state index is -4.05. The lowest BCUT2D eigenvalue weighted by Crippen LogP contribution is -2.33. The highest BCUT2D eigenvalue weighted by Crippen LogP contribution is 2.32. The first-order valence-corrected chi connectivity index (χ1v) is 13.8. The Labute approximate surface area is 231 Å². The first-order valence-electron chi connectivity index (χ1n) is 12.0. The first kappa shape index (κ1) is 26.3. The minimum absolute atomic E-state index is 0.0157. The standard InChI is InChI=1S/C29H24ClN3O5S/c1-20-6-13-24(14-7-20)39(35,36)33(18-21-8-11-23(30)12-9-21)26-5-3-2-4-25(26)29(34)32-31-17-22-10-15-27-28(16-22)38-19-37-27/h2-17H,18-19H2,1H3,(H,32,34)/b31-17-. The van der Waals surface area contributed by atoms with Crippen molar-refractivity contribution in [1.82, 2.24) is 5.43 Å². The number of rotatable bonds is 8. The summed E-state index contributed by atoms with van der Waals surface area (Å²) >= 11 is 6.04. The zero-order valence-electron chi connectivity index (χ0n) is 20.9. The second-order valence-corrected chi connectivity index (χ2v) is 11.1. The number of hydrogen-bond donors (Lipinski definition) is 1. The molecule has 0 saturated heterocycles. The first-order chi connectivity index (χ1) is 18.8. The van der Waals surface area contributed by atoms with Gasteiger partial charge in [0.1, 0.15) is 0 Å². The lowest BCUT2D eigenvalue weighted by Gasteiger charge is -2.26. The van der Waals surface area contributed by atoms with E-state index in [0.717, 1.165) is 5.56 Å². The highest BCUT2D eigenvalue weighted by atomic mass is 35.5. The predicted octanol–water partition coefficient (Wildman–Crippen LogP) is 5.54. The summed E-state index contributed by atoms with van der Waals surface area (Å²) in [5.74, 6) is 0.665. The Bertz CT molecular complexity index is 1640. The highest BCUT2D eigenvalue weighted by molar-refractivity contribution is 7.92. The Morgan fingerprint density at radius 2 is 1.69 bits per heavy atom. The Morgan fingerprint density at radius 3 is 2.46 bits per heavy atom. The molecule has 39 heavy (non-hydrogen) atoms. The fourth-order valence-corrected chi connectivity index (χ4v) is 5.59. The van der Waals surface area contributed by atoms with E-state index < -0.39 is 15.9 Å². The maximum Gasteiger partial charge on any atom is 0.273 e. The lowest BCUT2D eigenvalue weighted by atomic mass is 10.1. The van der Waals surface area contributed by atoms with Crippen molar-refractivity contribution in [3.63, 3.8) is 0 Å². The Balaban J connectivity index is 1.46. The van der Waals surface area contributed by atoms with E-state index in [1.54, 1.807) is 91.0 Å². The fourth-order valence-electron chi connectivity index (χ4n) is 3.99. The van der Waals surface area contributed by atoms with Crippen LogP contribution in [0.3, 0.4) is 0 Å². The molecule has 0 aromatic heterocycles. The molecule has 0 saturated carbocycles. The van der Waals surface area contributed by atoms with Crippen LogP contribution in [0.1, 0.15) is 27.0 Å². The zero-order chi connectivity index (χ0) is 27.4. The number of amides is 1. The second kappa shape index (κ2) is 11.2. The van der Waals surface area contributed by atoms with Crippen molar-refractivity contribution in [3.05, 3.63) is 118 Å². The summed E-state index contributed by atoms with van der Waals surface area (Å²) in [7, 11) is -4.05. The molecule has 10 heteroatoms. The Kier molecular flexibility index (Phi) is 7.53. The van der Waals surface area contributed by atoms with E-state index in [4.69, 9.17) is 21.1 Å². The van der Waals surface area contributed by atoms with E-state index in [0.29, 0.717) is 27.6 Å². The fraction of sp³-hybridized carbons (Fsp3) is 0.103. The minimum Gasteiger partial charge on any atom is -0.454 e. The number of sulfonamides is 1. The molecule has 4 aromatic carbocycles. The SMILES string of the molecule is Cc1ccc(S(=O)(=O)N(Cc2ccc(Cl)cc2)c2ccccc2C(=O)N/N=C\c2ccc3c(c2)OCO3)cc1. The number of nitrogens with zero attached hydrogens (tertiary/aromatic N) is 2. The summed E-state index contributed by atoms with van der Waals surface area (Å²) in [6.45, 7) is 2.02. The number of ether oxygens (including phenoxy) is 2. The van der Waals surface area contributed by atoms with Gasteiger partial charge in [-0.05, 0) is 72.6 Å². The molecule has 0 aliphatic carbocycles. The van der Waals surface area contributed by atoms with E-state index in [-0.39, 0.29) is 29.5 Å². The van der Waals surface area contributed by atoms with Crippen molar-refractivity contribution in [1.29, 1.82) is 0 Å². The summed E-state index contributed by atoms with van der Waals surface area (Å²) in [6.07, 6.45) is 1.47. The van der Waals surface area contributed by atoms with Gasteiger partial charge < -0.3 is 9.47 Å². The molecule has 8 nitrogen and oxygen atoms in total. The third-order valence-corrected chi connectivity index (χ3v) is 8.07. The molecule has 0 fully saturated rings. The average Bonchev–Trinajstić information content (AvgIpc) is 3.41. The molecule has 0 atom stereocenters. The second-order valence-electron chi connectivity index (χ2n) is 8.78. The largest absolute Gasteiger partial charge is 0.454 e. The predicted molar refractivity (Wildman–Crippen MR) is 150 cm³/mol. The van der Waals surface area contributed by atoms with Gasteiger partial charge in [0.25, 0.3) is 15.9 Å². The van der Waals surface area contributed by atoms with Crippen LogP contribution in [0, 0.1) is 6.92 Å². The topological polar surface area (TPSA) is 97.3 Å². The van der Waals surface area contributed by atoms with Gasteiger partial charge in [0.2, 0.25) is 6.79 Å². The number of hydrogen-bond acceptors (Lipinski definition) is 6. The van der Waals surface area contributed by atoms with Gasteiger partial charge in [0.15, 0.2) is 11.5 Å². The molecule has 1 heterocycles. The molecule has 1 aliphatic rings. The van der Waals surface area contributed by atoms with Gasteiger partial charge in [0.05, 0.1) is 28.9 Å². The summed E-state index contributed by atoms with van der Waals surface area (Å²) in [4.78, 5) is 13.4. The number of carbonyl (C=O) groups excluding carboxylic acids is 1. The van der Waals surface area contributed by atoms with Crippen molar-refractivity contribution in [3.8, 4) is 11.5 Å². The van der Waals surface area contributed by atoms with Crippen LogP contribution < -0.4 is 19.2 Å². The quantitative estimate of drug-likeness (QED) is 0.225. The smallest absolute Gasteiger partial charge is 0.273 e. The summed E-state index contributed by atoms with van der Waals surface area (Å²) in [6, 6.07) is 25.2. The summed E-state index contributed by atoms with van der Waals surface area (Å²) in [5.41, 5.74) is 5.18. The van der Waals surface area contributed by atoms with Crippen LogP contribution >= 0.6 is 11.6 Å². The molecule has 1 amide bonds. The molecule has 1 aliphatic heterocycles. The average molecular weight is 562 g/mol. The molecule has 0 spiro atoms. The lowest BCUT2D eigenvalue weighted by molar-refractivity contribution is 0.0955. The maximum absolute atomic E-state index is 13.9. The van der Waals surface area contributed by atoms with Crippen LogP contribution in [0.5, 0.6) is 11.5 Å². The molecule has 4 aromatic rings. The van der Waals surface area contributed by atoms with Crippen molar-refractivity contribution < 1.29 is 22.7 Å². The van der Waals surface area contributed by atoms with Gasteiger partial charge >= 0.3 is 0 Å². The van der Waals surface area contributed by atoms with Crippen LogP contribution in [0.4, 0.5) is 5.69 Å². The van der Waals surface area contributed by atoms with Crippen LogP contribution in [0.15, 0.2) is 101 Å². The molecule has 1 N–H and O–H groups in total. The van der Waals surface area contributed by atoms with Crippen LogP contribution in [0.2, 0.25) is 5.02 Å². The maximum atomic E-state index is 13.9. The van der Waals surface area contributed by atoms with E-state index >= 15 is 0 Å². The van der Waals surface area contributed by atoms with E-state index in [1.807, 2.05) is 6.92 Å². The van der Waals surface area contributed by atoms with E-state index in [2.05, 4.69) is 10.5 Å². The van der Waals surface area contributed by atoms with Gasteiger partial charge in [-0.2, -0.15) is 5.10 Å².